The Morgan fingerprint density at radius 1 is 1.11 bits per heavy atom. The summed E-state index contributed by atoms with van der Waals surface area (Å²) >= 11 is 6.09. The van der Waals surface area contributed by atoms with Gasteiger partial charge >= 0.3 is 0 Å². The average molecular weight is 282 g/mol. The average Bonchev–Trinajstić information content (AvgIpc) is 2.37. The van der Waals surface area contributed by atoms with Gasteiger partial charge in [0.15, 0.2) is 0 Å². The maximum Gasteiger partial charge on any atom is 0.131 e. The van der Waals surface area contributed by atoms with Crippen molar-refractivity contribution in [3.63, 3.8) is 0 Å². The smallest absolute Gasteiger partial charge is 0.131 e. The molecule has 1 N–H and O–H groups in total. The number of nitrogens with one attached hydrogen (secondary N) is 1. The Morgan fingerprint density at radius 2 is 1.84 bits per heavy atom. The standard InChI is InChI=1S/C15H14ClF2N/c1-9-11(4-3-5-13(9)16)15(19-2)12-7-6-10(17)8-14(12)18/h3-8,15,19H,1-2H3. The van der Waals surface area contributed by atoms with E-state index in [9.17, 15) is 8.78 Å². The van der Waals surface area contributed by atoms with Crippen LogP contribution in [0.2, 0.25) is 5.02 Å². The van der Waals surface area contributed by atoms with E-state index in [1.165, 1.54) is 12.1 Å². The fourth-order valence-electron chi connectivity index (χ4n) is 2.15. The molecule has 0 aliphatic carbocycles. The third kappa shape index (κ3) is 2.77. The zero-order chi connectivity index (χ0) is 14.0. The lowest BCUT2D eigenvalue weighted by molar-refractivity contribution is 0.551. The van der Waals surface area contributed by atoms with Crippen molar-refractivity contribution in [3.05, 3.63) is 69.7 Å². The van der Waals surface area contributed by atoms with Gasteiger partial charge in [-0.15, -0.1) is 0 Å². The Labute approximate surface area is 116 Å². The summed E-state index contributed by atoms with van der Waals surface area (Å²) in [5, 5.41) is 3.67. The molecule has 0 spiro atoms. The van der Waals surface area contributed by atoms with Crippen LogP contribution in [0.15, 0.2) is 36.4 Å². The van der Waals surface area contributed by atoms with Crippen LogP contribution in [0.25, 0.3) is 0 Å². The summed E-state index contributed by atoms with van der Waals surface area (Å²) < 4.78 is 26.9. The second-order valence-electron chi connectivity index (χ2n) is 4.34. The first-order valence-electron chi connectivity index (χ1n) is 5.92. The van der Waals surface area contributed by atoms with E-state index in [0.717, 1.165) is 17.2 Å². The van der Waals surface area contributed by atoms with Crippen LogP contribution in [0.3, 0.4) is 0 Å². The highest BCUT2D eigenvalue weighted by Gasteiger charge is 2.19. The van der Waals surface area contributed by atoms with Crippen molar-refractivity contribution < 1.29 is 8.78 Å². The van der Waals surface area contributed by atoms with Gasteiger partial charge in [-0.05, 0) is 37.2 Å². The van der Waals surface area contributed by atoms with Gasteiger partial charge in [-0.1, -0.05) is 29.8 Å². The van der Waals surface area contributed by atoms with Gasteiger partial charge in [0, 0.05) is 16.7 Å². The van der Waals surface area contributed by atoms with Crippen LogP contribution in [0.1, 0.15) is 22.7 Å². The molecule has 2 rings (SSSR count). The Bertz CT molecular complexity index is 599. The van der Waals surface area contributed by atoms with Crippen LogP contribution < -0.4 is 5.32 Å². The lowest BCUT2D eigenvalue weighted by atomic mass is 9.94. The predicted octanol–water partition coefficient (Wildman–Crippen LogP) is 4.24. The minimum Gasteiger partial charge on any atom is -0.309 e. The molecule has 1 unspecified atom stereocenters. The van der Waals surface area contributed by atoms with Gasteiger partial charge in [0.2, 0.25) is 0 Å². The van der Waals surface area contributed by atoms with Crippen molar-refractivity contribution in [2.24, 2.45) is 0 Å². The van der Waals surface area contributed by atoms with E-state index < -0.39 is 11.6 Å². The lowest BCUT2D eigenvalue weighted by Crippen LogP contribution is -2.20. The minimum atomic E-state index is -0.584. The summed E-state index contributed by atoms with van der Waals surface area (Å²) in [5.41, 5.74) is 2.15. The van der Waals surface area contributed by atoms with Crippen LogP contribution in [0.4, 0.5) is 8.78 Å². The Morgan fingerprint density at radius 3 is 2.47 bits per heavy atom. The van der Waals surface area contributed by atoms with Crippen LogP contribution in [-0.4, -0.2) is 7.05 Å². The lowest BCUT2D eigenvalue weighted by Gasteiger charge is -2.20. The molecule has 0 radical (unpaired) electrons. The molecule has 0 fully saturated rings. The van der Waals surface area contributed by atoms with Gasteiger partial charge in [-0.2, -0.15) is 0 Å². The molecule has 0 heterocycles. The summed E-state index contributed by atoms with van der Waals surface area (Å²) in [5.74, 6) is -1.15. The summed E-state index contributed by atoms with van der Waals surface area (Å²) in [6, 6.07) is 8.71. The second-order valence-corrected chi connectivity index (χ2v) is 4.75. The van der Waals surface area contributed by atoms with E-state index in [-0.39, 0.29) is 6.04 Å². The maximum atomic E-state index is 13.9. The molecule has 1 nitrogen and oxygen atoms in total. The fourth-order valence-corrected chi connectivity index (χ4v) is 2.33. The molecule has 0 aromatic heterocycles. The highest BCUT2D eigenvalue weighted by molar-refractivity contribution is 6.31. The van der Waals surface area contributed by atoms with E-state index in [2.05, 4.69) is 5.32 Å². The van der Waals surface area contributed by atoms with Gasteiger partial charge in [-0.3, -0.25) is 0 Å². The van der Waals surface area contributed by atoms with E-state index >= 15 is 0 Å². The highest BCUT2D eigenvalue weighted by Crippen LogP contribution is 2.30. The maximum absolute atomic E-state index is 13.9. The minimum absolute atomic E-state index is 0.362. The number of hydrogen-bond donors (Lipinski definition) is 1. The highest BCUT2D eigenvalue weighted by atomic mass is 35.5. The fraction of sp³-hybridized carbons (Fsp3) is 0.200. The Hall–Kier alpha value is -1.45. The quantitative estimate of drug-likeness (QED) is 0.887. The van der Waals surface area contributed by atoms with Gasteiger partial charge < -0.3 is 5.32 Å². The molecule has 2 aromatic carbocycles. The first-order valence-corrected chi connectivity index (χ1v) is 6.29. The summed E-state index contributed by atoms with van der Waals surface area (Å²) in [4.78, 5) is 0. The van der Waals surface area contributed by atoms with E-state index in [0.29, 0.717) is 10.6 Å². The summed E-state index contributed by atoms with van der Waals surface area (Å²) in [7, 11) is 1.73. The molecular weight excluding hydrogens is 268 g/mol. The van der Waals surface area contributed by atoms with E-state index in [1.807, 2.05) is 19.1 Å². The molecule has 2 aromatic rings. The third-order valence-electron chi connectivity index (χ3n) is 3.18. The monoisotopic (exact) mass is 281 g/mol. The first kappa shape index (κ1) is 14.0. The predicted molar refractivity (Wildman–Crippen MR) is 73.4 cm³/mol. The van der Waals surface area contributed by atoms with Crippen molar-refractivity contribution in [1.82, 2.24) is 5.32 Å². The third-order valence-corrected chi connectivity index (χ3v) is 3.59. The molecule has 1 atom stereocenters. The van der Waals surface area contributed by atoms with Crippen LogP contribution in [0, 0.1) is 18.6 Å². The Balaban J connectivity index is 2.53. The molecule has 0 saturated carbocycles. The molecule has 0 aliphatic heterocycles. The number of benzene rings is 2. The van der Waals surface area contributed by atoms with Gasteiger partial charge in [0.1, 0.15) is 11.6 Å². The topological polar surface area (TPSA) is 12.0 Å². The van der Waals surface area contributed by atoms with E-state index in [1.54, 1.807) is 13.1 Å². The normalized spacial score (nSPS) is 12.5. The zero-order valence-corrected chi connectivity index (χ0v) is 11.4. The molecule has 0 aliphatic rings. The number of halogens is 3. The van der Waals surface area contributed by atoms with Crippen molar-refractivity contribution in [1.29, 1.82) is 0 Å². The summed E-state index contributed by atoms with van der Waals surface area (Å²) in [6.45, 7) is 1.88. The number of hydrogen-bond acceptors (Lipinski definition) is 1. The summed E-state index contributed by atoms with van der Waals surface area (Å²) in [6.07, 6.45) is 0. The van der Waals surface area contributed by atoms with E-state index in [4.69, 9.17) is 11.6 Å². The van der Waals surface area contributed by atoms with Gasteiger partial charge in [0.25, 0.3) is 0 Å². The van der Waals surface area contributed by atoms with Crippen LogP contribution >= 0.6 is 11.6 Å². The van der Waals surface area contributed by atoms with Crippen LogP contribution in [-0.2, 0) is 0 Å². The molecule has 0 amide bonds. The second kappa shape index (κ2) is 5.68. The van der Waals surface area contributed by atoms with Gasteiger partial charge in [-0.25, -0.2) is 8.78 Å². The molecule has 0 bridgehead atoms. The molecule has 19 heavy (non-hydrogen) atoms. The first-order chi connectivity index (χ1) is 9.04. The molecule has 100 valence electrons. The van der Waals surface area contributed by atoms with Crippen molar-refractivity contribution in [3.8, 4) is 0 Å². The molecule has 0 saturated heterocycles. The SMILES string of the molecule is CNC(c1ccc(F)cc1F)c1cccc(Cl)c1C. The largest absolute Gasteiger partial charge is 0.309 e. The van der Waals surface area contributed by atoms with Crippen molar-refractivity contribution in [2.75, 3.05) is 7.05 Å². The van der Waals surface area contributed by atoms with Gasteiger partial charge in [0.05, 0.1) is 6.04 Å². The Kier molecular flexibility index (Phi) is 4.17. The number of rotatable bonds is 3. The molecule has 4 heteroatoms. The molecular formula is C15H14ClF2N. The van der Waals surface area contributed by atoms with Crippen LogP contribution in [0.5, 0.6) is 0 Å². The van der Waals surface area contributed by atoms with Crippen molar-refractivity contribution in [2.45, 2.75) is 13.0 Å². The zero-order valence-electron chi connectivity index (χ0n) is 10.7. The van der Waals surface area contributed by atoms with Crippen molar-refractivity contribution >= 4 is 11.6 Å².